The van der Waals surface area contributed by atoms with Crippen LogP contribution in [0.3, 0.4) is 0 Å². The molecule has 0 bridgehead atoms. The molecule has 3 nitrogen and oxygen atoms in total. The van der Waals surface area contributed by atoms with Crippen LogP contribution in [-0.4, -0.2) is 21.3 Å². The van der Waals surface area contributed by atoms with Crippen LogP contribution in [0.4, 0.5) is 13.2 Å². The lowest BCUT2D eigenvalue weighted by atomic mass is 9.80. The fourth-order valence-electron chi connectivity index (χ4n) is 2.31. The van der Waals surface area contributed by atoms with Gasteiger partial charge in [0, 0.05) is 17.1 Å². The van der Waals surface area contributed by atoms with Crippen molar-refractivity contribution in [1.82, 2.24) is 9.97 Å². The molecule has 2 atom stereocenters. The second kappa shape index (κ2) is 5.85. The van der Waals surface area contributed by atoms with Gasteiger partial charge in [0.25, 0.3) is 0 Å². The Morgan fingerprint density at radius 1 is 1.18 bits per heavy atom. The number of aliphatic hydroxyl groups is 1. The molecule has 22 heavy (non-hydrogen) atoms. The van der Waals surface area contributed by atoms with Gasteiger partial charge in [-0.05, 0) is 18.6 Å². The number of halogens is 4. The standard InChI is InChI=1S/C15H14ClF3N2O/c1-9-7-20-8-13(21-9)14(22,15(17,18)19)10(2)11-5-3-4-6-12(11)16/h3-8,10,22H,1-2H3. The van der Waals surface area contributed by atoms with Crippen LogP contribution in [0.15, 0.2) is 36.7 Å². The number of hydrogen-bond donors (Lipinski definition) is 1. The molecular weight excluding hydrogens is 317 g/mol. The van der Waals surface area contributed by atoms with Crippen LogP contribution in [0, 0.1) is 6.92 Å². The fraction of sp³-hybridized carbons (Fsp3) is 0.333. The fourth-order valence-corrected chi connectivity index (χ4v) is 2.61. The Morgan fingerprint density at radius 3 is 2.36 bits per heavy atom. The van der Waals surface area contributed by atoms with Gasteiger partial charge in [-0.2, -0.15) is 13.2 Å². The highest BCUT2D eigenvalue weighted by Gasteiger charge is 2.60. The molecule has 0 spiro atoms. The Balaban J connectivity index is 2.63. The third-order valence-electron chi connectivity index (χ3n) is 3.58. The Kier molecular flexibility index (Phi) is 4.44. The number of aryl methyl sites for hydroxylation is 1. The van der Waals surface area contributed by atoms with Crippen molar-refractivity contribution < 1.29 is 18.3 Å². The van der Waals surface area contributed by atoms with E-state index in [9.17, 15) is 18.3 Å². The molecule has 1 heterocycles. The summed E-state index contributed by atoms with van der Waals surface area (Å²) < 4.78 is 40.9. The van der Waals surface area contributed by atoms with Crippen molar-refractivity contribution in [3.8, 4) is 0 Å². The minimum absolute atomic E-state index is 0.151. The molecule has 0 saturated carbocycles. The zero-order chi connectivity index (χ0) is 16.5. The summed E-state index contributed by atoms with van der Waals surface area (Å²) in [7, 11) is 0. The molecule has 2 unspecified atom stereocenters. The molecule has 0 aliphatic carbocycles. The lowest BCUT2D eigenvalue weighted by Gasteiger charge is -2.35. The van der Waals surface area contributed by atoms with E-state index in [0.29, 0.717) is 0 Å². The van der Waals surface area contributed by atoms with Gasteiger partial charge in [0.2, 0.25) is 5.60 Å². The Hall–Kier alpha value is -1.66. The van der Waals surface area contributed by atoms with E-state index in [4.69, 9.17) is 11.6 Å². The average Bonchev–Trinajstić information content (AvgIpc) is 2.45. The molecule has 1 N–H and O–H groups in total. The first-order valence-electron chi connectivity index (χ1n) is 6.50. The molecule has 0 radical (unpaired) electrons. The maximum atomic E-state index is 13.6. The predicted octanol–water partition coefficient (Wildman–Crippen LogP) is 3.99. The molecular formula is C15H14ClF3N2O. The van der Waals surface area contributed by atoms with Crippen molar-refractivity contribution in [2.45, 2.75) is 31.5 Å². The lowest BCUT2D eigenvalue weighted by Crippen LogP contribution is -2.47. The first-order valence-corrected chi connectivity index (χ1v) is 6.88. The third-order valence-corrected chi connectivity index (χ3v) is 3.92. The van der Waals surface area contributed by atoms with Crippen molar-refractivity contribution in [1.29, 1.82) is 0 Å². The Bertz CT molecular complexity index is 678. The van der Waals surface area contributed by atoms with E-state index in [2.05, 4.69) is 9.97 Å². The molecule has 0 amide bonds. The number of benzene rings is 1. The summed E-state index contributed by atoms with van der Waals surface area (Å²) in [4.78, 5) is 7.52. The van der Waals surface area contributed by atoms with Gasteiger partial charge >= 0.3 is 6.18 Å². The van der Waals surface area contributed by atoms with Crippen molar-refractivity contribution in [3.63, 3.8) is 0 Å². The smallest absolute Gasteiger partial charge is 0.375 e. The van der Waals surface area contributed by atoms with Crippen molar-refractivity contribution in [2.75, 3.05) is 0 Å². The van der Waals surface area contributed by atoms with Crippen LogP contribution in [0.2, 0.25) is 5.02 Å². The van der Waals surface area contributed by atoms with Gasteiger partial charge in [-0.1, -0.05) is 36.7 Å². The molecule has 0 aliphatic rings. The topological polar surface area (TPSA) is 46.0 Å². The molecule has 118 valence electrons. The number of rotatable bonds is 3. The van der Waals surface area contributed by atoms with Crippen LogP contribution >= 0.6 is 11.6 Å². The monoisotopic (exact) mass is 330 g/mol. The van der Waals surface area contributed by atoms with E-state index in [1.165, 1.54) is 32.2 Å². The Morgan fingerprint density at radius 2 is 1.82 bits per heavy atom. The van der Waals surface area contributed by atoms with Gasteiger partial charge in [-0.25, -0.2) is 0 Å². The molecule has 7 heteroatoms. The van der Waals surface area contributed by atoms with E-state index in [1.807, 2.05) is 0 Å². The van der Waals surface area contributed by atoms with Crippen molar-refractivity contribution in [2.24, 2.45) is 0 Å². The molecule has 2 rings (SSSR count). The Labute approximate surface area is 130 Å². The van der Waals surface area contributed by atoms with Gasteiger partial charge in [0.05, 0.1) is 11.9 Å². The first kappa shape index (κ1) is 16.7. The van der Waals surface area contributed by atoms with Gasteiger partial charge in [-0.3, -0.25) is 9.97 Å². The maximum absolute atomic E-state index is 13.6. The molecule has 1 aromatic carbocycles. The molecule has 0 fully saturated rings. The van der Waals surface area contributed by atoms with E-state index in [1.54, 1.807) is 12.1 Å². The van der Waals surface area contributed by atoms with Crippen molar-refractivity contribution >= 4 is 11.6 Å². The quantitative estimate of drug-likeness (QED) is 0.925. The summed E-state index contributed by atoms with van der Waals surface area (Å²) in [6, 6.07) is 6.10. The van der Waals surface area contributed by atoms with Gasteiger partial charge < -0.3 is 5.11 Å². The van der Waals surface area contributed by atoms with E-state index in [-0.39, 0.29) is 16.3 Å². The first-order chi connectivity index (χ1) is 10.2. The van der Waals surface area contributed by atoms with Gasteiger partial charge in [-0.15, -0.1) is 0 Å². The lowest BCUT2D eigenvalue weighted by molar-refractivity contribution is -0.276. The second-order valence-electron chi connectivity index (χ2n) is 5.05. The number of aromatic nitrogens is 2. The molecule has 0 aliphatic heterocycles. The van der Waals surface area contributed by atoms with Crippen LogP contribution in [0.5, 0.6) is 0 Å². The van der Waals surface area contributed by atoms with E-state index >= 15 is 0 Å². The van der Waals surface area contributed by atoms with Crippen LogP contribution in [0.25, 0.3) is 0 Å². The van der Waals surface area contributed by atoms with Crippen LogP contribution < -0.4 is 0 Å². The second-order valence-corrected chi connectivity index (χ2v) is 5.46. The van der Waals surface area contributed by atoms with Crippen molar-refractivity contribution in [3.05, 3.63) is 58.6 Å². The highest BCUT2D eigenvalue weighted by molar-refractivity contribution is 6.31. The number of hydrogen-bond acceptors (Lipinski definition) is 3. The maximum Gasteiger partial charge on any atom is 0.423 e. The average molecular weight is 331 g/mol. The third kappa shape index (κ3) is 2.80. The van der Waals surface area contributed by atoms with Crippen LogP contribution in [0.1, 0.15) is 29.8 Å². The predicted molar refractivity (Wildman–Crippen MR) is 76.6 cm³/mol. The summed E-state index contributed by atoms with van der Waals surface area (Å²) >= 11 is 5.98. The normalized spacial score (nSPS) is 16.1. The number of alkyl halides is 3. The summed E-state index contributed by atoms with van der Waals surface area (Å²) in [6.07, 6.45) is -2.69. The molecule has 1 aromatic heterocycles. The summed E-state index contributed by atoms with van der Waals surface area (Å²) in [5, 5.41) is 10.7. The van der Waals surface area contributed by atoms with E-state index in [0.717, 1.165) is 6.20 Å². The minimum atomic E-state index is -4.94. The zero-order valence-electron chi connectivity index (χ0n) is 11.9. The summed E-state index contributed by atoms with van der Waals surface area (Å²) in [5.41, 5.74) is -3.26. The SMILES string of the molecule is Cc1cncc(C(O)(C(C)c2ccccc2Cl)C(F)(F)F)n1. The zero-order valence-corrected chi connectivity index (χ0v) is 12.7. The molecule has 2 aromatic rings. The molecule has 0 saturated heterocycles. The van der Waals surface area contributed by atoms with Gasteiger partial charge in [0.1, 0.15) is 5.69 Å². The summed E-state index contributed by atoms with van der Waals surface area (Å²) in [5.74, 6) is -1.35. The van der Waals surface area contributed by atoms with Gasteiger partial charge in [0.15, 0.2) is 0 Å². The minimum Gasteiger partial charge on any atom is -0.375 e. The van der Waals surface area contributed by atoms with Crippen LogP contribution in [-0.2, 0) is 5.60 Å². The number of nitrogens with zero attached hydrogens (tertiary/aromatic N) is 2. The highest BCUT2D eigenvalue weighted by atomic mass is 35.5. The largest absolute Gasteiger partial charge is 0.423 e. The van der Waals surface area contributed by atoms with E-state index < -0.39 is 23.4 Å². The summed E-state index contributed by atoms with van der Waals surface area (Å²) in [6.45, 7) is 2.77. The highest BCUT2D eigenvalue weighted by Crippen LogP contribution is 2.48.